The van der Waals surface area contributed by atoms with Crippen LogP contribution in [0.15, 0.2) is 70.4 Å². The number of nitrogens with two attached hydrogens (primary N) is 1. The van der Waals surface area contributed by atoms with Crippen LogP contribution in [0.3, 0.4) is 0 Å². The summed E-state index contributed by atoms with van der Waals surface area (Å²) in [5.41, 5.74) is 9.76. The summed E-state index contributed by atoms with van der Waals surface area (Å²) >= 11 is 5.76. The van der Waals surface area contributed by atoms with Gasteiger partial charge in [0.05, 0.1) is 5.03 Å². The molecule has 1 rings (SSSR count). The molecule has 0 atom stereocenters. The van der Waals surface area contributed by atoms with Gasteiger partial charge in [0.2, 0.25) is 0 Å². The minimum atomic E-state index is -0.390. The first-order valence-electron chi connectivity index (χ1n) is 6.29. The lowest BCUT2D eigenvalue weighted by Gasteiger charge is -2.14. The van der Waals surface area contributed by atoms with Crippen LogP contribution >= 0.6 is 11.6 Å². The van der Waals surface area contributed by atoms with E-state index in [2.05, 4.69) is 18.5 Å². The Morgan fingerprint density at radius 3 is 2.65 bits per heavy atom. The monoisotopic (exact) mass is 294 g/mol. The van der Waals surface area contributed by atoms with Crippen molar-refractivity contribution in [3.63, 3.8) is 0 Å². The van der Waals surface area contributed by atoms with Crippen LogP contribution in [0.25, 0.3) is 0 Å². The van der Waals surface area contributed by atoms with Gasteiger partial charge in [0.1, 0.15) is 5.83 Å². The molecule has 0 saturated heterocycles. The third kappa shape index (κ3) is 4.42. The Morgan fingerprint density at radius 1 is 1.40 bits per heavy atom. The normalized spacial score (nSPS) is 16.3. The highest BCUT2D eigenvalue weighted by atomic mass is 35.5. The number of hydrogen-bond acceptors (Lipinski definition) is 2. The van der Waals surface area contributed by atoms with Crippen LogP contribution in [0, 0.1) is 0 Å². The van der Waals surface area contributed by atoms with Crippen molar-refractivity contribution < 1.29 is 4.39 Å². The smallest absolute Gasteiger partial charge is 0.138 e. The predicted octanol–water partition coefficient (Wildman–Crippen LogP) is 4.20. The van der Waals surface area contributed by atoms with E-state index >= 15 is 0 Å². The van der Waals surface area contributed by atoms with E-state index in [9.17, 15) is 4.39 Å². The molecule has 1 aliphatic carbocycles. The molecule has 0 aromatic carbocycles. The number of allylic oxidation sites excluding steroid dienone is 6. The topological polar surface area (TPSA) is 38.0 Å². The molecule has 3 N–H and O–H groups in total. The first-order valence-corrected chi connectivity index (χ1v) is 6.67. The van der Waals surface area contributed by atoms with Gasteiger partial charge in [-0.25, -0.2) is 4.39 Å². The van der Waals surface area contributed by atoms with E-state index in [4.69, 9.17) is 17.3 Å². The zero-order valence-corrected chi connectivity index (χ0v) is 12.6. The van der Waals surface area contributed by atoms with Crippen LogP contribution in [-0.4, -0.2) is 6.54 Å². The van der Waals surface area contributed by atoms with Crippen LogP contribution in [0.5, 0.6) is 0 Å². The molecule has 0 spiro atoms. The zero-order chi connectivity index (χ0) is 15.3. The largest absolute Gasteiger partial charge is 0.402 e. The lowest BCUT2D eigenvalue weighted by atomic mass is 10.1. The van der Waals surface area contributed by atoms with Crippen molar-refractivity contribution in [2.24, 2.45) is 5.73 Å². The van der Waals surface area contributed by atoms with Gasteiger partial charge in [-0.1, -0.05) is 36.9 Å². The predicted molar refractivity (Wildman–Crippen MR) is 84.7 cm³/mol. The standard InChI is InChI=1S/C16H20ClFN2/c1-10(12(3)19)11(2)13(4)20-9-14-5-7-15(17)16(18)8-6-14/h5-6,8,20H,2,4,7,9,19H2,1,3H3/b12-10-. The first kappa shape index (κ1) is 16.3. The molecule has 0 amide bonds. The summed E-state index contributed by atoms with van der Waals surface area (Å²) in [5.74, 6) is -0.390. The maximum absolute atomic E-state index is 13.3. The van der Waals surface area contributed by atoms with Gasteiger partial charge < -0.3 is 11.1 Å². The van der Waals surface area contributed by atoms with Gasteiger partial charge in [0, 0.05) is 24.4 Å². The Labute approximate surface area is 124 Å². The van der Waals surface area contributed by atoms with Crippen molar-refractivity contribution >= 4 is 11.6 Å². The molecule has 0 bridgehead atoms. The van der Waals surface area contributed by atoms with Gasteiger partial charge >= 0.3 is 0 Å². The number of nitrogens with one attached hydrogen (secondary N) is 1. The second-order valence-electron chi connectivity index (χ2n) is 4.69. The zero-order valence-electron chi connectivity index (χ0n) is 11.9. The molecule has 0 saturated carbocycles. The SMILES string of the molecule is C=C(NCC1=CCC(Cl)=C(F)C=C1)C(=C)/C(C)=C(/C)N. The van der Waals surface area contributed by atoms with E-state index in [1.54, 1.807) is 6.08 Å². The summed E-state index contributed by atoms with van der Waals surface area (Å²) in [6.07, 6.45) is 5.34. The summed E-state index contributed by atoms with van der Waals surface area (Å²) < 4.78 is 13.3. The Bertz CT molecular complexity index is 547. The molecule has 0 aliphatic heterocycles. The molecular weight excluding hydrogens is 275 g/mol. The minimum absolute atomic E-state index is 0.219. The van der Waals surface area contributed by atoms with Crippen molar-refractivity contribution in [1.29, 1.82) is 0 Å². The Morgan fingerprint density at radius 2 is 2.05 bits per heavy atom. The van der Waals surface area contributed by atoms with Gasteiger partial charge in [-0.2, -0.15) is 0 Å². The number of hydrogen-bond donors (Lipinski definition) is 2. The van der Waals surface area contributed by atoms with Crippen LogP contribution in [0.1, 0.15) is 20.3 Å². The van der Waals surface area contributed by atoms with Gasteiger partial charge in [0.15, 0.2) is 0 Å². The van der Waals surface area contributed by atoms with Crippen LogP contribution in [-0.2, 0) is 0 Å². The second-order valence-corrected chi connectivity index (χ2v) is 5.14. The van der Waals surface area contributed by atoms with Crippen LogP contribution in [0.2, 0.25) is 0 Å². The molecule has 0 fully saturated rings. The molecule has 0 heterocycles. The van der Waals surface area contributed by atoms with Crippen molar-refractivity contribution in [2.75, 3.05) is 6.54 Å². The van der Waals surface area contributed by atoms with Crippen molar-refractivity contribution in [3.05, 3.63) is 70.4 Å². The van der Waals surface area contributed by atoms with E-state index in [0.717, 1.165) is 16.7 Å². The van der Waals surface area contributed by atoms with E-state index in [1.807, 2.05) is 19.9 Å². The molecule has 1 aliphatic rings. The molecule has 0 aromatic heterocycles. The highest BCUT2D eigenvalue weighted by Gasteiger charge is 2.07. The van der Waals surface area contributed by atoms with E-state index in [1.165, 1.54) is 6.08 Å². The molecule has 0 aromatic rings. The average Bonchev–Trinajstić information content (AvgIpc) is 2.57. The van der Waals surface area contributed by atoms with Gasteiger partial charge in [-0.3, -0.25) is 0 Å². The van der Waals surface area contributed by atoms with Crippen LogP contribution < -0.4 is 11.1 Å². The van der Waals surface area contributed by atoms with Gasteiger partial charge in [-0.05, 0) is 36.6 Å². The maximum Gasteiger partial charge on any atom is 0.138 e. The summed E-state index contributed by atoms with van der Waals surface area (Å²) in [7, 11) is 0. The average molecular weight is 295 g/mol. The van der Waals surface area contributed by atoms with Gasteiger partial charge in [-0.15, -0.1) is 0 Å². The lowest BCUT2D eigenvalue weighted by molar-refractivity contribution is 0.660. The second kappa shape index (κ2) is 7.15. The fraction of sp³-hybridized carbons (Fsp3) is 0.250. The fourth-order valence-electron chi connectivity index (χ4n) is 1.57. The Kier molecular flexibility index (Phi) is 5.83. The summed E-state index contributed by atoms with van der Waals surface area (Å²) in [6, 6.07) is 0. The molecule has 108 valence electrons. The van der Waals surface area contributed by atoms with Crippen molar-refractivity contribution in [1.82, 2.24) is 5.32 Å². The van der Waals surface area contributed by atoms with Crippen molar-refractivity contribution in [2.45, 2.75) is 20.3 Å². The van der Waals surface area contributed by atoms with Gasteiger partial charge in [0.25, 0.3) is 0 Å². The molecule has 20 heavy (non-hydrogen) atoms. The third-order valence-corrected chi connectivity index (χ3v) is 3.50. The van der Waals surface area contributed by atoms with E-state index in [0.29, 0.717) is 24.4 Å². The summed E-state index contributed by atoms with van der Waals surface area (Å²) in [5, 5.41) is 3.38. The minimum Gasteiger partial charge on any atom is -0.402 e. The molecule has 2 nitrogen and oxygen atoms in total. The summed E-state index contributed by atoms with van der Waals surface area (Å²) in [4.78, 5) is 0. The fourth-order valence-corrected chi connectivity index (χ4v) is 1.71. The molecule has 4 heteroatoms. The van der Waals surface area contributed by atoms with E-state index in [-0.39, 0.29) is 5.03 Å². The Hall–Kier alpha value is -1.74. The van der Waals surface area contributed by atoms with Crippen molar-refractivity contribution in [3.8, 4) is 0 Å². The highest BCUT2D eigenvalue weighted by molar-refractivity contribution is 6.30. The number of halogens is 2. The lowest BCUT2D eigenvalue weighted by Crippen LogP contribution is -2.17. The van der Waals surface area contributed by atoms with Crippen LogP contribution in [0.4, 0.5) is 4.39 Å². The molecular formula is C16H20ClFN2. The maximum atomic E-state index is 13.3. The highest BCUT2D eigenvalue weighted by Crippen LogP contribution is 2.22. The first-order chi connectivity index (χ1) is 9.32. The quantitative estimate of drug-likeness (QED) is 0.746. The third-order valence-electron chi connectivity index (χ3n) is 3.16. The molecule has 0 radical (unpaired) electrons. The molecule has 0 unspecified atom stereocenters. The Balaban J connectivity index is 2.62. The van der Waals surface area contributed by atoms with E-state index < -0.39 is 5.83 Å². The number of rotatable bonds is 5. The summed E-state index contributed by atoms with van der Waals surface area (Å²) in [6.45, 7) is 12.1.